The van der Waals surface area contributed by atoms with Crippen molar-refractivity contribution in [1.29, 1.82) is 0 Å². The van der Waals surface area contributed by atoms with Gasteiger partial charge in [-0.3, -0.25) is 14.2 Å². The van der Waals surface area contributed by atoms with Crippen LogP contribution in [-0.4, -0.2) is 34.5 Å². The Morgan fingerprint density at radius 1 is 1.10 bits per heavy atom. The van der Waals surface area contributed by atoms with Crippen LogP contribution in [-0.2, 0) is 17.9 Å². The van der Waals surface area contributed by atoms with E-state index in [1.54, 1.807) is 11.9 Å². The summed E-state index contributed by atoms with van der Waals surface area (Å²) in [6, 6.07) is 17.7. The molecule has 0 aliphatic heterocycles. The molecule has 158 valence electrons. The molecule has 0 radical (unpaired) electrons. The van der Waals surface area contributed by atoms with Crippen LogP contribution in [0.3, 0.4) is 0 Å². The largest absolute Gasteiger partial charge is 0.347 e. The zero-order chi connectivity index (χ0) is 22.0. The van der Waals surface area contributed by atoms with Crippen molar-refractivity contribution in [3.05, 3.63) is 82.4 Å². The van der Waals surface area contributed by atoms with E-state index in [0.717, 1.165) is 16.8 Å². The fraction of sp³-hybridized carbons (Fsp3) is 0.217. The number of benzene rings is 2. The summed E-state index contributed by atoms with van der Waals surface area (Å²) in [6.45, 7) is 2.56. The van der Waals surface area contributed by atoms with E-state index in [2.05, 4.69) is 9.97 Å². The summed E-state index contributed by atoms with van der Waals surface area (Å²) < 4.78 is 1.79. The maximum absolute atomic E-state index is 13.0. The summed E-state index contributed by atoms with van der Waals surface area (Å²) in [5.41, 5.74) is 3.15. The lowest BCUT2D eigenvalue weighted by molar-refractivity contribution is -0.118. The van der Waals surface area contributed by atoms with Gasteiger partial charge in [0, 0.05) is 26.3 Å². The number of thiazole rings is 1. The molecule has 0 bridgehead atoms. The number of aromatic nitrogens is 3. The highest BCUT2D eigenvalue weighted by atomic mass is 32.1. The van der Waals surface area contributed by atoms with Gasteiger partial charge in [0.2, 0.25) is 5.91 Å². The van der Waals surface area contributed by atoms with Gasteiger partial charge in [-0.25, -0.2) is 4.98 Å². The molecular formula is C23H23N5O2S. The first-order valence-electron chi connectivity index (χ1n) is 9.86. The van der Waals surface area contributed by atoms with Crippen LogP contribution in [0, 0.1) is 6.92 Å². The van der Waals surface area contributed by atoms with Crippen molar-refractivity contribution in [2.75, 3.05) is 23.9 Å². The Morgan fingerprint density at radius 3 is 2.61 bits per heavy atom. The Kier molecular flexibility index (Phi) is 5.81. The molecule has 2 aromatic carbocycles. The predicted molar refractivity (Wildman–Crippen MR) is 125 cm³/mol. The van der Waals surface area contributed by atoms with Gasteiger partial charge in [-0.05, 0) is 30.2 Å². The second-order valence-corrected chi connectivity index (χ2v) is 8.44. The topological polar surface area (TPSA) is 71.3 Å². The maximum atomic E-state index is 13.0. The van der Waals surface area contributed by atoms with Crippen LogP contribution in [0.5, 0.6) is 0 Å². The van der Waals surface area contributed by atoms with Crippen LogP contribution in [0.2, 0.25) is 0 Å². The van der Waals surface area contributed by atoms with E-state index in [-0.39, 0.29) is 18.0 Å². The Bertz CT molecular complexity index is 1280. The molecule has 2 heterocycles. The average molecular weight is 434 g/mol. The van der Waals surface area contributed by atoms with Crippen LogP contribution in [0.25, 0.3) is 10.3 Å². The molecule has 0 aliphatic carbocycles. The zero-order valence-electron chi connectivity index (χ0n) is 17.6. The smallest absolute Gasteiger partial charge is 0.273 e. The van der Waals surface area contributed by atoms with E-state index in [1.807, 2.05) is 73.5 Å². The minimum atomic E-state index is -0.257. The summed E-state index contributed by atoms with van der Waals surface area (Å²) in [4.78, 5) is 38.1. The van der Waals surface area contributed by atoms with Crippen LogP contribution in [0.1, 0.15) is 11.1 Å². The van der Waals surface area contributed by atoms with Crippen molar-refractivity contribution in [2.45, 2.75) is 20.0 Å². The van der Waals surface area contributed by atoms with E-state index in [9.17, 15) is 9.59 Å². The molecule has 7 nitrogen and oxygen atoms in total. The Hall–Kier alpha value is -3.52. The first kappa shape index (κ1) is 20.7. The van der Waals surface area contributed by atoms with Gasteiger partial charge < -0.3 is 9.80 Å². The molecule has 2 aromatic heterocycles. The minimum absolute atomic E-state index is 0.0840. The molecular weight excluding hydrogens is 410 g/mol. The van der Waals surface area contributed by atoms with Gasteiger partial charge in [0.05, 0.1) is 0 Å². The molecule has 0 aliphatic rings. The lowest BCUT2D eigenvalue weighted by Gasteiger charge is -2.18. The number of likely N-dealkylation sites (N-methyl/N-ethyl adjacent to an activating group) is 1. The minimum Gasteiger partial charge on any atom is -0.347 e. The monoisotopic (exact) mass is 433 g/mol. The average Bonchev–Trinajstić information content (AvgIpc) is 3.21. The summed E-state index contributed by atoms with van der Waals surface area (Å²) in [5, 5.41) is 0.712. The molecule has 0 fully saturated rings. The summed E-state index contributed by atoms with van der Waals surface area (Å²) in [5.74, 6) is -0.195. The summed E-state index contributed by atoms with van der Waals surface area (Å²) in [7, 11) is 3.64. The third-order valence-corrected chi connectivity index (χ3v) is 6.18. The molecule has 4 aromatic rings. The highest BCUT2D eigenvalue weighted by molar-refractivity contribution is 7.22. The van der Waals surface area contributed by atoms with Gasteiger partial charge in [-0.2, -0.15) is 4.98 Å². The van der Waals surface area contributed by atoms with Gasteiger partial charge in [0.25, 0.3) is 5.56 Å². The van der Waals surface area contributed by atoms with Crippen LogP contribution in [0.4, 0.5) is 10.8 Å². The van der Waals surface area contributed by atoms with E-state index < -0.39 is 0 Å². The number of hydrogen-bond donors (Lipinski definition) is 0. The molecule has 8 heteroatoms. The Balaban J connectivity index is 1.55. The highest BCUT2D eigenvalue weighted by Gasteiger charge is 2.17. The first-order valence-corrected chi connectivity index (χ1v) is 10.7. The molecule has 31 heavy (non-hydrogen) atoms. The molecule has 1 amide bonds. The zero-order valence-corrected chi connectivity index (χ0v) is 18.5. The van der Waals surface area contributed by atoms with E-state index in [0.29, 0.717) is 22.0 Å². The fourth-order valence-electron chi connectivity index (χ4n) is 3.27. The van der Waals surface area contributed by atoms with Gasteiger partial charge in [-0.1, -0.05) is 53.8 Å². The van der Waals surface area contributed by atoms with Gasteiger partial charge in [-0.15, -0.1) is 0 Å². The van der Waals surface area contributed by atoms with Crippen LogP contribution < -0.4 is 15.4 Å². The third kappa shape index (κ3) is 4.49. The number of fused-ring (bicyclic) bond motifs is 1. The maximum Gasteiger partial charge on any atom is 0.273 e. The number of carbonyl (C=O) groups excluding carboxylic acids is 1. The van der Waals surface area contributed by atoms with Crippen molar-refractivity contribution in [1.82, 2.24) is 14.5 Å². The van der Waals surface area contributed by atoms with Crippen molar-refractivity contribution >= 4 is 38.4 Å². The van der Waals surface area contributed by atoms with E-state index in [1.165, 1.54) is 22.2 Å². The number of carbonyl (C=O) groups is 1. The lowest BCUT2D eigenvalue weighted by atomic mass is 10.2. The van der Waals surface area contributed by atoms with Crippen molar-refractivity contribution in [3.63, 3.8) is 0 Å². The Morgan fingerprint density at radius 2 is 1.87 bits per heavy atom. The number of aryl methyl sites for hydroxylation is 1. The summed E-state index contributed by atoms with van der Waals surface area (Å²) >= 11 is 1.29. The van der Waals surface area contributed by atoms with Crippen molar-refractivity contribution < 1.29 is 4.79 Å². The quantitative estimate of drug-likeness (QED) is 0.466. The molecule has 0 spiro atoms. The molecule has 0 N–H and O–H groups in total. The van der Waals surface area contributed by atoms with Crippen LogP contribution in [0.15, 0.2) is 65.7 Å². The standard InChI is InChI=1S/C23H23N5O2S/c1-16-8-7-11-18(12-16)27(3)19(29)14-28-15-24-21-20(22(28)30)31-23(25-21)26(2)13-17-9-5-4-6-10-17/h4-12,15H,13-14H2,1-3H3. The van der Waals surface area contributed by atoms with Crippen molar-refractivity contribution in [3.8, 4) is 0 Å². The first-order chi connectivity index (χ1) is 14.9. The number of amides is 1. The number of anilines is 2. The Labute approximate surface area is 184 Å². The second-order valence-electron chi connectivity index (χ2n) is 7.46. The normalized spacial score (nSPS) is 10.9. The van der Waals surface area contributed by atoms with Gasteiger partial charge in [0.1, 0.15) is 17.6 Å². The molecule has 0 atom stereocenters. The third-order valence-electron chi connectivity index (χ3n) is 5.03. The SMILES string of the molecule is Cc1cccc(N(C)C(=O)Cn2cnc3nc(N(C)Cc4ccccc4)sc3c2=O)c1. The predicted octanol–water partition coefficient (Wildman–Crippen LogP) is 3.46. The molecule has 0 saturated carbocycles. The van der Waals surface area contributed by atoms with E-state index in [4.69, 9.17) is 0 Å². The molecule has 4 rings (SSSR count). The second kappa shape index (κ2) is 8.69. The highest BCUT2D eigenvalue weighted by Crippen LogP contribution is 2.25. The molecule has 0 saturated heterocycles. The van der Waals surface area contributed by atoms with Crippen LogP contribution >= 0.6 is 11.3 Å². The van der Waals surface area contributed by atoms with E-state index >= 15 is 0 Å². The lowest BCUT2D eigenvalue weighted by Crippen LogP contribution is -2.33. The number of hydrogen-bond acceptors (Lipinski definition) is 6. The fourth-order valence-corrected chi connectivity index (χ4v) is 4.20. The summed E-state index contributed by atoms with van der Waals surface area (Å²) in [6.07, 6.45) is 1.40. The number of nitrogens with zero attached hydrogens (tertiary/aromatic N) is 5. The number of rotatable bonds is 6. The van der Waals surface area contributed by atoms with Gasteiger partial charge >= 0.3 is 0 Å². The van der Waals surface area contributed by atoms with Gasteiger partial charge in [0.15, 0.2) is 10.8 Å². The molecule has 0 unspecified atom stereocenters. The van der Waals surface area contributed by atoms with Crippen molar-refractivity contribution in [2.24, 2.45) is 0 Å².